The first-order valence-corrected chi connectivity index (χ1v) is 12.0. The molecule has 0 aliphatic heterocycles. The second-order valence-corrected chi connectivity index (χ2v) is 9.22. The van der Waals surface area contributed by atoms with Gasteiger partial charge >= 0.3 is 0 Å². The lowest BCUT2D eigenvalue weighted by Crippen LogP contribution is -2.00. The minimum Gasteiger partial charge on any atom is -0.489 e. The van der Waals surface area contributed by atoms with Crippen LogP contribution in [-0.4, -0.2) is 25.6 Å². The third kappa shape index (κ3) is 4.43. The zero-order valence-electron chi connectivity index (χ0n) is 18.9. The van der Waals surface area contributed by atoms with Crippen LogP contribution >= 0.6 is 11.3 Å². The molecule has 3 aromatic heterocycles. The fraction of sp³-hybridized carbons (Fsp3) is 0.111. The number of nitrogens with one attached hydrogen (secondary N) is 1. The van der Waals surface area contributed by atoms with Gasteiger partial charge in [0.15, 0.2) is 0 Å². The second kappa shape index (κ2) is 9.15. The first kappa shape index (κ1) is 21.2. The quantitative estimate of drug-likeness (QED) is 0.298. The van der Waals surface area contributed by atoms with Crippen molar-refractivity contribution in [3.63, 3.8) is 0 Å². The Balaban J connectivity index is 1.13. The van der Waals surface area contributed by atoms with E-state index >= 15 is 0 Å². The van der Waals surface area contributed by atoms with E-state index in [1.807, 2.05) is 54.6 Å². The Morgan fingerprint density at radius 1 is 0.857 bits per heavy atom. The molecule has 0 spiro atoms. The van der Waals surface area contributed by atoms with E-state index in [1.165, 1.54) is 0 Å². The van der Waals surface area contributed by atoms with Gasteiger partial charge in [0.2, 0.25) is 5.82 Å². The Morgan fingerprint density at radius 2 is 1.74 bits per heavy atom. The number of thiophene rings is 1. The van der Waals surface area contributed by atoms with E-state index in [0.717, 1.165) is 54.2 Å². The van der Waals surface area contributed by atoms with E-state index in [1.54, 1.807) is 11.3 Å². The molecule has 0 fully saturated rings. The zero-order chi connectivity index (χ0) is 23.6. The molecule has 0 saturated heterocycles. The SMILES string of the molecule is Cc1c(-c2nn[nH]n2)sc2ccc(OCc3cccc(OCc4ccc5ccccc5n4)c3)cc12. The van der Waals surface area contributed by atoms with Gasteiger partial charge in [-0.1, -0.05) is 36.4 Å². The van der Waals surface area contributed by atoms with Crippen molar-refractivity contribution in [1.29, 1.82) is 0 Å². The highest BCUT2D eigenvalue weighted by atomic mass is 32.1. The average molecular weight is 480 g/mol. The largest absolute Gasteiger partial charge is 0.489 e. The molecule has 0 radical (unpaired) electrons. The fourth-order valence-electron chi connectivity index (χ4n) is 4.00. The predicted molar refractivity (Wildman–Crippen MR) is 137 cm³/mol. The molecule has 3 aromatic carbocycles. The number of aromatic nitrogens is 5. The number of benzene rings is 3. The third-order valence-electron chi connectivity index (χ3n) is 5.80. The molecule has 0 aliphatic carbocycles. The van der Waals surface area contributed by atoms with Crippen molar-refractivity contribution in [2.24, 2.45) is 0 Å². The zero-order valence-corrected chi connectivity index (χ0v) is 19.7. The minimum absolute atomic E-state index is 0.409. The number of pyridine rings is 1. The van der Waals surface area contributed by atoms with Gasteiger partial charge < -0.3 is 9.47 Å². The molecule has 0 bridgehead atoms. The highest BCUT2D eigenvalue weighted by molar-refractivity contribution is 7.22. The summed E-state index contributed by atoms with van der Waals surface area (Å²) in [4.78, 5) is 5.69. The fourth-order valence-corrected chi connectivity index (χ4v) is 5.12. The van der Waals surface area contributed by atoms with Crippen molar-refractivity contribution in [1.82, 2.24) is 25.6 Å². The van der Waals surface area contributed by atoms with Crippen LogP contribution in [0.3, 0.4) is 0 Å². The Morgan fingerprint density at radius 3 is 2.66 bits per heavy atom. The van der Waals surface area contributed by atoms with Gasteiger partial charge in [-0.15, -0.1) is 21.5 Å². The number of H-pyrrole nitrogens is 1. The number of rotatable bonds is 7. The highest BCUT2D eigenvalue weighted by Crippen LogP contribution is 2.38. The summed E-state index contributed by atoms with van der Waals surface area (Å²) in [5.74, 6) is 2.21. The molecular formula is C27H21N5O2S. The molecule has 6 rings (SSSR count). The first-order valence-electron chi connectivity index (χ1n) is 11.2. The maximum atomic E-state index is 6.11. The van der Waals surface area contributed by atoms with Crippen molar-refractivity contribution in [3.05, 3.63) is 95.7 Å². The maximum Gasteiger partial charge on any atom is 0.214 e. The number of fused-ring (bicyclic) bond motifs is 2. The van der Waals surface area contributed by atoms with Crippen molar-refractivity contribution < 1.29 is 9.47 Å². The van der Waals surface area contributed by atoms with Gasteiger partial charge in [0.25, 0.3) is 0 Å². The van der Waals surface area contributed by atoms with Crippen LogP contribution in [-0.2, 0) is 13.2 Å². The molecule has 8 heteroatoms. The standard InChI is InChI=1S/C27H21N5O2S/c1-17-23-14-22(11-12-25(23)35-26(17)27-29-31-32-30-27)33-15-18-5-4-7-21(13-18)34-16-20-10-9-19-6-2-3-8-24(19)28-20/h2-14H,15-16H2,1H3,(H,29,30,31,32). The summed E-state index contributed by atoms with van der Waals surface area (Å²) < 4.78 is 13.3. The molecule has 0 atom stereocenters. The second-order valence-electron chi connectivity index (χ2n) is 8.17. The van der Waals surface area contributed by atoms with Gasteiger partial charge in [-0.2, -0.15) is 5.21 Å². The smallest absolute Gasteiger partial charge is 0.214 e. The molecule has 172 valence electrons. The van der Waals surface area contributed by atoms with E-state index in [0.29, 0.717) is 19.0 Å². The number of nitrogens with zero attached hydrogens (tertiary/aromatic N) is 4. The van der Waals surface area contributed by atoms with Gasteiger partial charge in [0.1, 0.15) is 24.7 Å². The molecule has 0 unspecified atom stereocenters. The molecule has 35 heavy (non-hydrogen) atoms. The van der Waals surface area contributed by atoms with Crippen LogP contribution < -0.4 is 9.47 Å². The number of ether oxygens (including phenoxy) is 2. The molecule has 7 nitrogen and oxygen atoms in total. The summed E-state index contributed by atoms with van der Waals surface area (Å²) in [5, 5.41) is 16.7. The Kier molecular flexibility index (Phi) is 5.56. The Hall–Kier alpha value is -4.30. The summed E-state index contributed by atoms with van der Waals surface area (Å²) >= 11 is 1.65. The van der Waals surface area contributed by atoms with Crippen molar-refractivity contribution in [2.75, 3.05) is 0 Å². The van der Waals surface area contributed by atoms with E-state index < -0.39 is 0 Å². The predicted octanol–water partition coefficient (Wildman–Crippen LogP) is 6.10. The first-order chi connectivity index (χ1) is 17.2. The number of hydrogen-bond donors (Lipinski definition) is 1. The van der Waals surface area contributed by atoms with Gasteiger partial charge in [-0.3, -0.25) is 0 Å². The molecule has 0 aliphatic rings. The lowest BCUT2D eigenvalue weighted by Gasteiger charge is -2.10. The van der Waals surface area contributed by atoms with Gasteiger partial charge in [-0.25, -0.2) is 4.98 Å². The minimum atomic E-state index is 0.409. The van der Waals surface area contributed by atoms with Crippen molar-refractivity contribution in [2.45, 2.75) is 20.1 Å². The molecule has 0 saturated carbocycles. The average Bonchev–Trinajstić information content (AvgIpc) is 3.54. The Labute approximate surface area is 205 Å². The van der Waals surface area contributed by atoms with Crippen LogP contribution in [0, 0.1) is 6.92 Å². The summed E-state index contributed by atoms with van der Waals surface area (Å²) in [7, 11) is 0. The molecule has 6 aromatic rings. The summed E-state index contributed by atoms with van der Waals surface area (Å²) in [6.07, 6.45) is 0. The lowest BCUT2D eigenvalue weighted by atomic mass is 10.1. The lowest BCUT2D eigenvalue weighted by molar-refractivity contribution is 0.293. The number of para-hydroxylation sites is 1. The topological polar surface area (TPSA) is 85.8 Å². The molecule has 0 amide bonds. The monoisotopic (exact) mass is 479 g/mol. The van der Waals surface area contributed by atoms with Crippen LogP contribution in [0.5, 0.6) is 11.5 Å². The molecule has 3 heterocycles. The van der Waals surface area contributed by atoms with E-state index in [2.05, 4.69) is 56.8 Å². The maximum absolute atomic E-state index is 6.11. The van der Waals surface area contributed by atoms with E-state index in [-0.39, 0.29) is 0 Å². The van der Waals surface area contributed by atoms with Crippen molar-refractivity contribution >= 4 is 32.3 Å². The highest BCUT2D eigenvalue weighted by Gasteiger charge is 2.14. The third-order valence-corrected chi connectivity index (χ3v) is 7.07. The van der Waals surface area contributed by atoms with Gasteiger partial charge in [-0.05, 0) is 71.1 Å². The van der Waals surface area contributed by atoms with Crippen LogP contribution in [0.25, 0.3) is 31.7 Å². The summed E-state index contributed by atoms with van der Waals surface area (Å²) in [5.41, 5.74) is 4.01. The Bertz CT molecular complexity index is 1630. The van der Waals surface area contributed by atoms with Crippen LogP contribution in [0.4, 0.5) is 0 Å². The van der Waals surface area contributed by atoms with Gasteiger partial charge in [0, 0.05) is 10.1 Å². The van der Waals surface area contributed by atoms with Crippen molar-refractivity contribution in [3.8, 4) is 22.2 Å². The number of hydrogen-bond acceptors (Lipinski definition) is 7. The summed E-state index contributed by atoms with van der Waals surface area (Å²) in [6, 6.07) is 26.2. The van der Waals surface area contributed by atoms with E-state index in [9.17, 15) is 0 Å². The van der Waals surface area contributed by atoms with Crippen LogP contribution in [0.2, 0.25) is 0 Å². The van der Waals surface area contributed by atoms with E-state index in [4.69, 9.17) is 9.47 Å². The van der Waals surface area contributed by atoms with Gasteiger partial charge in [0.05, 0.1) is 16.1 Å². The van der Waals surface area contributed by atoms with Crippen LogP contribution in [0.15, 0.2) is 78.9 Å². The molecular weight excluding hydrogens is 458 g/mol. The number of aryl methyl sites for hydroxylation is 1. The van der Waals surface area contributed by atoms with Crippen LogP contribution in [0.1, 0.15) is 16.8 Å². The number of aromatic amines is 1. The molecule has 1 N–H and O–H groups in total. The number of tetrazole rings is 1. The summed E-state index contributed by atoms with van der Waals surface area (Å²) in [6.45, 7) is 2.92. The normalized spacial score (nSPS) is 11.2.